The molecule has 0 aliphatic carbocycles. The second-order valence-corrected chi connectivity index (χ2v) is 14.1. The minimum Gasteiger partial charge on any atom is -0.396 e. The Balaban J connectivity index is 1.50. The van der Waals surface area contributed by atoms with Crippen LogP contribution < -0.4 is 16.0 Å². The van der Waals surface area contributed by atoms with Gasteiger partial charge in [0.15, 0.2) is 0 Å². The zero-order valence-electron chi connectivity index (χ0n) is 24.8. The molecule has 3 heterocycles. The largest absolute Gasteiger partial charge is 0.396 e. The number of hydrogen-bond donors (Lipinski definition) is 4. The molecular weight excluding hydrogens is 597 g/mol. The number of piperidine rings is 1. The van der Waals surface area contributed by atoms with Crippen LogP contribution >= 0.6 is 23.2 Å². The van der Waals surface area contributed by atoms with Crippen LogP contribution in [0.5, 0.6) is 0 Å². The predicted molar refractivity (Wildman–Crippen MR) is 165 cm³/mol. The van der Waals surface area contributed by atoms with E-state index >= 15 is 8.78 Å². The minimum atomic E-state index is -1.52. The van der Waals surface area contributed by atoms with Crippen molar-refractivity contribution in [2.45, 2.75) is 69.9 Å². The summed E-state index contributed by atoms with van der Waals surface area (Å²) in [7, 11) is 0. The lowest BCUT2D eigenvalue weighted by Crippen LogP contribution is -2.49. The van der Waals surface area contributed by atoms with Gasteiger partial charge in [0.25, 0.3) is 0 Å². The molecule has 3 aliphatic heterocycles. The van der Waals surface area contributed by atoms with Crippen molar-refractivity contribution in [3.63, 3.8) is 0 Å². The Labute approximate surface area is 261 Å². The van der Waals surface area contributed by atoms with Crippen LogP contribution in [0.2, 0.25) is 10.0 Å². The Kier molecular flexibility index (Phi) is 9.41. The molecule has 234 valence electrons. The number of nitrogens with zero attached hydrogens (tertiary/aromatic N) is 1. The number of amides is 2. The van der Waals surface area contributed by atoms with Gasteiger partial charge in [-0.25, -0.2) is 8.78 Å². The number of carbonyl (C=O) groups excluding carboxylic acids is 2. The summed E-state index contributed by atoms with van der Waals surface area (Å²) in [5.74, 6) is -2.91. The summed E-state index contributed by atoms with van der Waals surface area (Å²) in [6.45, 7) is 9.28. The first kappa shape index (κ1) is 32.1. The molecule has 0 radical (unpaired) electrons. The Hall–Kier alpha value is -2.30. The van der Waals surface area contributed by atoms with Gasteiger partial charge in [-0.2, -0.15) is 0 Å². The summed E-state index contributed by atoms with van der Waals surface area (Å²) in [5, 5.41) is 18.4. The lowest BCUT2D eigenvalue weighted by atomic mass is 9.62. The van der Waals surface area contributed by atoms with Crippen LogP contribution in [0.15, 0.2) is 30.3 Å². The standard InChI is InChI=1S/C32H40Cl2F2N4O3/c1-31(2,3)16-25-32(20-14-23(35)22(34)15-24(20)38-30(32)43)26(19-6-4-7-21(33)27(19)36)28(39-25)29(42)37-10-5-11-40-12-8-18(17-41)9-13-40/h4,6-7,14-15,18,25-26,28,39,41H,5,8-13,16-17H2,1-3H3,(H,37,42)(H,38,43)/t25-,26+,28-,32+/m1/s1. The lowest BCUT2D eigenvalue weighted by molar-refractivity contribution is -0.123. The van der Waals surface area contributed by atoms with Gasteiger partial charge < -0.3 is 26.0 Å². The van der Waals surface area contributed by atoms with Crippen molar-refractivity contribution in [3.05, 3.63) is 63.1 Å². The number of rotatable bonds is 8. The average Bonchev–Trinajstić information content (AvgIpc) is 3.42. The second-order valence-electron chi connectivity index (χ2n) is 13.3. The number of fused-ring (bicyclic) bond motifs is 2. The third-order valence-corrected chi connectivity index (χ3v) is 9.80. The highest BCUT2D eigenvalue weighted by Gasteiger charge is 2.66. The van der Waals surface area contributed by atoms with Crippen molar-refractivity contribution in [3.8, 4) is 0 Å². The van der Waals surface area contributed by atoms with Crippen molar-refractivity contribution in [2.75, 3.05) is 38.1 Å². The quantitative estimate of drug-likeness (QED) is 0.298. The highest BCUT2D eigenvalue weighted by molar-refractivity contribution is 6.31. The molecule has 3 aliphatic rings. The fourth-order valence-electron chi connectivity index (χ4n) is 7.18. The monoisotopic (exact) mass is 636 g/mol. The van der Waals surface area contributed by atoms with Crippen molar-refractivity contribution < 1.29 is 23.5 Å². The van der Waals surface area contributed by atoms with Gasteiger partial charge >= 0.3 is 0 Å². The van der Waals surface area contributed by atoms with E-state index in [9.17, 15) is 14.7 Å². The molecule has 4 atom stereocenters. The van der Waals surface area contributed by atoms with Crippen LogP contribution in [-0.4, -0.2) is 66.7 Å². The molecule has 5 rings (SSSR count). The van der Waals surface area contributed by atoms with Crippen LogP contribution in [0.1, 0.15) is 63.5 Å². The maximum atomic E-state index is 15.9. The van der Waals surface area contributed by atoms with Gasteiger partial charge in [-0.05, 0) is 86.0 Å². The molecule has 7 nitrogen and oxygen atoms in total. The minimum absolute atomic E-state index is 0.113. The number of nitrogens with one attached hydrogen (secondary N) is 3. The van der Waals surface area contributed by atoms with Crippen LogP contribution in [0.4, 0.5) is 14.5 Å². The van der Waals surface area contributed by atoms with E-state index in [2.05, 4.69) is 20.9 Å². The van der Waals surface area contributed by atoms with E-state index < -0.39 is 41.0 Å². The predicted octanol–water partition coefficient (Wildman–Crippen LogP) is 5.23. The van der Waals surface area contributed by atoms with E-state index in [4.69, 9.17) is 23.2 Å². The summed E-state index contributed by atoms with van der Waals surface area (Å²) in [4.78, 5) is 30.5. The Morgan fingerprint density at radius 1 is 1.16 bits per heavy atom. The molecule has 4 N–H and O–H groups in total. The summed E-state index contributed by atoms with van der Waals surface area (Å²) in [6.07, 6.45) is 3.06. The molecule has 2 fully saturated rings. The Morgan fingerprint density at radius 2 is 1.88 bits per heavy atom. The summed E-state index contributed by atoms with van der Waals surface area (Å²) < 4.78 is 30.9. The summed E-state index contributed by atoms with van der Waals surface area (Å²) in [5.41, 5.74) is -1.02. The zero-order chi connectivity index (χ0) is 31.1. The van der Waals surface area contributed by atoms with E-state index in [-0.39, 0.29) is 33.5 Å². The molecule has 0 unspecified atom stereocenters. The highest BCUT2D eigenvalue weighted by atomic mass is 35.5. The Morgan fingerprint density at radius 3 is 2.56 bits per heavy atom. The van der Waals surface area contributed by atoms with E-state index in [1.807, 2.05) is 20.8 Å². The Bertz CT molecular complexity index is 1380. The fourth-order valence-corrected chi connectivity index (χ4v) is 7.53. The van der Waals surface area contributed by atoms with Crippen LogP contribution in [0.25, 0.3) is 0 Å². The smallest absolute Gasteiger partial charge is 0.237 e. The maximum absolute atomic E-state index is 15.9. The van der Waals surface area contributed by atoms with Crippen LogP contribution in [0.3, 0.4) is 0 Å². The molecule has 43 heavy (non-hydrogen) atoms. The first-order chi connectivity index (χ1) is 20.4. The number of aliphatic hydroxyl groups excluding tert-OH is 1. The number of anilines is 1. The van der Waals surface area contributed by atoms with Gasteiger partial charge in [0.05, 0.1) is 16.1 Å². The fraction of sp³-hybridized carbons (Fsp3) is 0.562. The van der Waals surface area contributed by atoms with E-state index in [0.29, 0.717) is 36.6 Å². The van der Waals surface area contributed by atoms with Crippen molar-refractivity contribution in [1.29, 1.82) is 0 Å². The molecular formula is C32H40Cl2F2N4O3. The van der Waals surface area contributed by atoms with Crippen LogP contribution in [0, 0.1) is 23.0 Å². The highest BCUT2D eigenvalue weighted by Crippen LogP contribution is 2.57. The SMILES string of the molecule is CC(C)(C)C[C@H]1N[C@@H](C(=O)NCCCN2CCC(CO)CC2)[C@H](c2cccc(Cl)c2F)[C@@]12C(=O)Nc1cc(Cl)c(F)cc12. The summed E-state index contributed by atoms with van der Waals surface area (Å²) in [6, 6.07) is 5.52. The van der Waals surface area contributed by atoms with Crippen molar-refractivity contribution in [2.24, 2.45) is 11.3 Å². The van der Waals surface area contributed by atoms with Gasteiger partial charge in [-0.15, -0.1) is 0 Å². The van der Waals surface area contributed by atoms with Gasteiger partial charge in [0.1, 0.15) is 17.0 Å². The third-order valence-electron chi connectivity index (χ3n) is 9.22. The molecule has 0 saturated carbocycles. The van der Waals surface area contributed by atoms with Crippen molar-refractivity contribution >= 4 is 40.7 Å². The van der Waals surface area contributed by atoms with Gasteiger partial charge in [-0.1, -0.05) is 56.1 Å². The summed E-state index contributed by atoms with van der Waals surface area (Å²) >= 11 is 12.3. The molecule has 0 aromatic heterocycles. The number of hydrogen-bond acceptors (Lipinski definition) is 5. The lowest BCUT2D eigenvalue weighted by Gasteiger charge is -2.37. The van der Waals surface area contributed by atoms with Gasteiger partial charge in [0, 0.05) is 30.8 Å². The first-order valence-corrected chi connectivity index (χ1v) is 15.7. The molecule has 11 heteroatoms. The number of carbonyl (C=O) groups is 2. The molecule has 0 bridgehead atoms. The maximum Gasteiger partial charge on any atom is 0.237 e. The molecule has 2 aromatic rings. The molecule has 2 aromatic carbocycles. The number of aliphatic hydroxyl groups is 1. The van der Waals surface area contributed by atoms with E-state index in [1.165, 1.54) is 18.2 Å². The number of benzene rings is 2. The van der Waals surface area contributed by atoms with Crippen molar-refractivity contribution in [1.82, 2.24) is 15.5 Å². The normalized spacial score (nSPS) is 26.1. The van der Waals surface area contributed by atoms with Gasteiger partial charge in [-0.3, -0.25) is 9.59 Å². The topological polar surface area (TPSA) is 93.7 Å². The van der Waals surface area contributed by atoms with E-state index in [1.54, 1.807) is 12.1 Å². The number of halogens is 4. The third kappa shape index (κ3) is 6.16. The number of likely N-dealkylation sites (tertiary alicyclic amines) is 1. The van der Waals surface area contributed by atoms with E-state index in [0.717, 1.165) is 32.5 Å². The zero-order valence-corrected chi connectivity index (χ0v) is 26.3. The second kappa shape index (κ2) is 12.6. The van der Waals surface area contributed by atoms with Crippen LogP contribution in [-0.2, 0) is 15.0 Å². The molecule has 1 spiro atoms. The van der Waals surface area contributed by atoms with Gasteiger partial charge in [0.2, 0.25) is 11.8 Å². The molecule has 2 amide bonds. The first-order valence-electron chi connectivity index (χ1n) is 15.0. The average molecular weight is 638 g/mol. The molecule has 2 saturated heterocycles.